The topological polar surface area (TPSA) is 72.8 Å². The third-order valence-electron chi connectivity index (χ3n) is 2.50. The molecular weight excluding hydrogens is 292 g/mol. The quantitative estimate of drug-likeness (QED) is 0.665. The number of aromatic carboxylic acids is 1. The van der Waals surface area contributed by atoms with Gasteiger partial charge >= 0.3 is 5.97 Å². The average Bonchev–Trinajstić information content (AvgIpc) is 2.45. The van der Waals surface area contributed by atoms with E-state index in [1.54, 1.807) is 0 Å². The molecule has 5 nitrogen and oxygen atoms in total. The zero-order valence-corrected chi connectivity index (χ0v) is 12.9. The van der Waals surface area contributed by atoms with Crippen LogP contribution in [0.2, 0.25) is 0 Å². The SMILES string of the molecule is COc1cc(C(=O)O)cc(OC)c1C#CCCSC(C)=O. The van der Waals surface area contributed by atoms with Gasteiger partial charge in [0.05, 0.1) is 19.8 Å². The Bertz CT molecular complexity index is 573. The summed E-state index contributed by atoms with van der Waals surface area (Å²) in [4.78, 5) is 21.8. The first-order chi connectivity index (χ1) is 9.99. The number of rotatable bonds is 5. The van der Waals surface area contributed by atoms with Crippen molar-refractivity contribution in [1.82, 2.24) is 0 Å². The number of hydrogen-bond donors (Lipinski definition) is 1. The molecule has 1 aromatic carbocycles. The molecule has 1 N–H and O–H groups in total. The van der Waals surface area contributed by atoms with Gasteiger partial charge in [-0.25, -0.2) is 4.79 Å². The Kier molecular flexibility index (Phi) is 6.63. The summed E-state index contributed by atoms with van der Waals surface area (Å²) < 4.78 is 10.3. The van der Waals surface area contributed by atoms with E-state index in [0.717, 1.165) is 0 Å². The van der Waals surface area contributed by atoms with Gasteiger partial charge in [0.2, 0.25) is 0 Å². The molecule has 0 atom stereocenters. The minimum Gasteiger partial charge on any atom is -0.495 e. The number of methoxy groups -OCH3 is 2. The molecule has 21 heavy (non-hydrogen) atoms. The normalized spacial score (nSPS) is 9.48. The molecule has 0 bridgehead atoms. The zero-order chi connectivity index (χ0) is 15.8. The van der Waals surface area contributed by atoms with E-state index in [4.69, 9.17) is 14.6 Å². The van der Waals surface area contributed by atoms with Gasteiger partial charge in [-0.15, -0.1) is 0 Å². The molecular formula is C15H16O5S. The highest BCUT2D eigenvalue weighted by molar-refractivity contribution is 8.13. The van der Waals surface area contributed by atoms with Crippen LogP contribution in [0.1, 0.15) is 29.3 Å². The van der Waals surface area contributed by atoms with Crippen LogP contribution >= 0.6 is 11.8 Å². The molecule has 0 radical (unpaired) electrons. The number of benzene rings is 1. The van der Waals surface area contributed by atoms with E-state index in [-0.39, 0.29) is 10.7 Å². The van der Waals surface area contributed by atoms with Crippen molar-refractivity contribution in [2.45, 2.75) is 13.3 Å². The van der Waals surface area contributed by atoms with E-state index in [0.29, 0.717) is 29.2 Å². The van der Waals surface area contributed by atoms with Crippen molar-refractivity contribution in [2.75, 3.05) is 20.0 Å². The Morgan fingerprint density at radius 1 is 1.24 bits per heavy atom. The fourth-order valence-electron chi connectivity index (χ4n) is 1.56. The maximum absolute atomic E-state index is 11.0. The third kappa shape index (κ3) is 5.04. The van der Waals surface area contributed by atoms with Gasteiger partial charge in [-0.2, -0.15) is 0 Å². The molecule has 0 heterocycles. The Morgan fingerprint density at radius 3 is 2.24 bits per heavy atom. The van der Waals surface area contributed by atoms with Gasteiger partial charge in [0.15, 0.2) is 5.12 Å². The highest BCUT2D eigenvalue weighted by atomic mass is 32.2. The number of carbonyl (C=O) groups excluding carboxylic acids is 1. The van der Waals surface area contributed by atoms with Crippen LogP contribution in [0, 0.1) is 11.8 Å². The number of carboxylic acid groups (broad SMARTS) is 1. The molecule has 0 aliphatic heterocycles. The van der Waals surface area contributed by atoms with Gasteiger partial charge in [0.1, 0.15) is 17.1 Å². The lowest BCUT2D eigenvalue weighted by Gasteiger charge is -2.10. The van der Waals surface area contributed by atoms with E-state index >= 15 is 0 Å². The van der Waals surface area contributed by atoms with E-state index < -0.39 is 5.97 Å². The highest BCUT2D eigenvalue weighted by Gasteiger charge is 2.14. The van der Waals surface area contributed by atoms with Crippen LogP contribution < -0.4 is 9.47 Å². The molecule has 0 fully saturated rings. The summed E-state index contributed by atoms with van der Waals surface area (Å²) in [6, 6.07) is 2.80. The summed E-state index contributed by atoms with van der Waals surface area (Å²) in [5, 5.41) is 9.09. The maximum atomic E-state index is 11.0. The van der Waals surface area contributed by atoms with E-state index in [1.165, 1.54) is 45.0 Å². The zero-order valence-electron chi connectivity index (χ0n) is 12.1. The number of thioether (sulfide) groups is 1. The minimum absolute atomic E-state index is 0.0535. The lowest BCUT2D eigenvalue weighted by molar-refractivity contribution is -0.109. The molecule has 0 aromatic heterocycles. The molecule has 1 aromatic rings. The average molecular weight is 308 g/mol. The molecule has 1 rings (SSSR count). The first-order valence-electron chi connectivity index (χ1n) is 6.11. The predicted octanol–water partition coefficient (Wildman–Crippen LogP) is 2.42. The second-order valence-corrected chi connectivity index (χ2v) is 5.22. The summed E-state index contributed by atoms with van der Waals surface area (Å²) in [7, 11) is 2.88. The molecule has 0 aliphatic carbocycles. The fourth-order valence-corrected chi connectivity index (χ4v) is 2.05. The van der Waals surface area contributed by atoms with Crippen molar-refractivity contribution >= 4 is 22.8 Å². The molecule has 0 aliphatic rings. The Hall–Kier alpha value is -2.13. The van der Waals surface area contributed by atoms with Crippen LogP contribution in [-0.4, -0.2) is 36.2 Å². The summed E-state index contributed by atoms with van der Waals surface area (Å²) >= 11 is 1.21. The molecule has 0 saturated heterocycles. The molecule has 0 unspecified atom stereocenters. The fraction of sp³-hybridized carbons (Fsp3) is 0.333. The van der Waals surface area contributed by atoms with Gasteiger partial charge < -0.3 is 14.6 Å². The van der Waals surface area contributed by atoms with Crippen molar-refractivity contribution in [3.05, 3.63) is 23.3 Å². The second kappa shape index (κ2) is 8.22. The lowest BCUT2D eigenvalue weighted by atomic mass is 10.1. The standard InChI is InChI=1S/C15H16O5S/c1-10(16)21-7-5-4-6-12-13(19-2)8-11(15(17)18)9-14(12)20-3/h8-9H,5,7H2,1-3H3,(H,17,18). The molecule has 112 valence electrons. The van der Waals surface area contributed by atoms with Crippen LogP contribution in [0.15, 0.2) is 12.1 Å². The van der Waals surface area contributed by atoms with Gasteiger partial charge in [-0.05, 0) is 12.1 Å². The number of hydrogen-bond acceptors (Lipinski definition) is 5. The van der Waals surface area contributed by atoms with Crippen LogP contribution in [-0.2, 0) is 4.79 Å². The first kappa shape index (κ1) is 16.9. The van der Waals surface area contributed by atoms with Gasteiger partial charge in [-0.3, -0.25) is 4.79 Å². The van der Waals surface area contributed by atoms with Gasteiger partial charge in [0, 0.05) is 19.1 Å². The lowest BCUT2D eigenvalue weighted by Crippen LogP contribution is -2.01. The van der Waals surface area contributed by atoms with Crippen molar-refractivity contribution in [3.8, 4) is 23.3 Å². The van der Waals surface area contributed by atoms with Gasteiger partial charge in [0.25, 0.3) is 0 Å². The number of carbonyl (C=O) groups is 2. The summed E-state index contributed by atoms with van der Waals surface area (Å²) in [6.07, 6.45) is 0.539. The Labute approximate surface area is 127 Å². The van der Waals surface area contributed by atoms with Crippen molar-refractivity contribution in [2.24, 2.45) is 0 Å². The van der Waals surface area contributed by atoms with Crippen LogP contribution in [0.25, 0.3) is 0 Å². The second-order valence-electron chi connectivity index (χ2n) is 3.95. The predicted molar refractivity (Wildman–Crippen MR) is 81.1 cm³/mol. The molecule has 0 amide bonds. The number of ether oxygens (including phenoxy) is 2. The third-order valence-corrected chi connectivity index (χ3v) is 3.31. The molecule has 6 heteroatoms. The van der Waals surface area contributed by atoms with E-state index in [1.807, 2.05) is 0 Å². The highest BCUT2D eigenvalue weighted by Crippen LogP contribution is 2.29. The smallest absolute Gasteiger partial charge is 0.335 e. The maximum Gasteiger partial charge on any atom is 0.335 e. The largest absolute Gasteiger partial charge is 0.495 e. The van der Waals surface area contributed by atoms with Crippen molar-refractivity contribution < 1.29 is 24.2 Å². The monoisotopic (exact) mass is 308 g/mol. The van der Waals surface area contributed by atoms with E-state index in [2.05, 4.69) is 11.8 Å². The summed E-state index contributed by atoms with van der Waals surface area (Å²) in [6.45, 7) is 1.51. The Morgan fingerprint density at radius 2 is 1.81 bits per heavy atom. The Balaban J connectivity index is 3.02. The molecule has 0 saturated carbocycles. The van der Waals surface area contributed by atoms with Crippen molar-refractivity contribution in [1.29, 1.82) is 0 Å². The van der Waals surface area contributed by atoms with Crippen LogP contribution in [0.3, 0.4) is 0 Å². The summed E-state index contributed by atoms with van der Waals surface area (Å²) in [5.74, 6) is 6.07. The first-order valence-corrected chi connectivity index (χ1v) is 7.09. The summed E-state index contributed by atoms with van der Waals surface area (Å²) in [5.41, 5.74) is 0.569. The number of carboxylic acids is 1. The minimum atomic E-state index is -1.07. The van der Waals surface area contributed by atoms with E-state index in [9.17, 15) is 9.59 Å². The van der Waals surface area contributed by atoms with Crippen LogP contribution in [0.4, 0.5) is 0 Å². The molecule has 0 spiro atoms. The van der Waals surface area contributed by atoms with Crippen LogP contribution in [0.5, 0.6) is 11.5 Å². The van der Waals surface area contributed by atoms with Gasteiger partial charge in [-0.1, -0.05) is 23.6 Å². The van der Waals surface area contributed by atoms with Crippen molar-refractivity contribution in [3.63, 3.8) is 0 Å².